The van der Waals surface area contributed by atoms with Gasteiger partial charge in [0.2, 0.25) is 0 Å². The van der Waals surface area contributed by atoms with Gasteiger partial charge in [0.1, 0.15) is 11.5 Å². The van der Waals surface area contributed by atoms with E-state index < -0.39 is 0 Å². The summed E-state index contributed by atoms with van der Waals surface area (Å²) in [7, 11) is 0. The van der Waals surface area contributed by atoms with Crippen molar-refractivity contribution in [1.82, 2.24) is 5.32 Å². The summed E-state index contributed by atoms with van der Waals surface area (Å²) in [5.74, 6) is 1.76. The molecule has 2 nitrogen and oxygen atoms in total. The zero-order valence-corrected chi connectivity index (χ0v) is 13.7. The summed E-state index contributed by atoms with van der Waals surface area (Å²) in [5.41, 5.74) is 2.37. The topological polar surface area (TPSA) is 21.3 Å². The van der Waals surface area contributed by atoms with Crippen LogP contribution in [0, 0.1) is 6.92 Å². The third-order valence-electron chi connectivity index (χ3n) is 3.01. The molecule has 2 aromatic rings. The number of hydrogen-bond donors (Lipinski definition) is 1. The number of nitrogens with one attached hydrogen (secondary N) is 1. The lowest BCUT2D eigenvalue weighted by molar-refractivity contribution is 0.477. The molecule has 0 bridgehead atoms. The highest BCUT2D eigenvalue weighted by atomic mass is 79.9. The normalized spacial score (nSPS) is 10.8. The second kappa shape index (κ2) is 6.91. The summed E-state index contributed by atoms with van der Waals surface area (Å²) >= 11 is 3.43. The molecule has 0 aliphatic carbocycles. The maximum absolute atomic E-state index is 5.96. The maximum atomic E-state index is 5.96. The molecule has 0 spiro atoms. The Morgan fingerprint density at radius 2 is 1.80 bits per heavy atom. The molecule has 0 heterocycles. The van der Waals surface area contributed by atoms with E-state index in [-0.39, 0.29) is 0 Å². The highest BCUT2D eigenvalue weighted by molar-refractivity contribution is 9.10. The van der Waals surface area contributed by atoms with Crippen LogP contribution in [0.5, 0.6) is 11.5 Å². The lowest BCUT2D eigenvalue weighted by Gasteiger charge is -2.12. The van der Waals surface area contributed by atoms with Gasteiger partial charge >= 0.3 is 0 Å². The molecule has 3 heteroatoms. The summed E-state index contributed by atoms with van der Waals surface area (Å²) in [5, 5.41) is 3.42. The molecule has 0 unspecified atom stereocenters. The molecule has 0 aliphatic heterocycles. The van der Waals surface area contributed by atoms with Gasteiger partial charge in [0.15, 0.2) is 0 Å². The van der Waals surface area contributed by atoms with Gasteiger partial charge < -0.3 is 10.1 Å². The average Bonchev–Trinajstić information content (AvgIpc) is 2.42. The third kappa shape index (κ3) is 4.36. The second-order valence-electron chi connectivity index (χ2n) is 5.19. The summed E-state index contributed by atoms with van der Waals surface area (Å²) in [6.07, 6.45) is 0. The number of ether oxygens (including phenoxy) is 1. The Labute approximate surface area is 129 Å². The van der Waals surface area contributed by atoms with E-state index in [1.165, 1.54) is 5.56 Å². The van der Waals surface area contributed by atoms with Crippen LogP contribution in [0.1, 0.15) is 25.0 Å². The van der Waals surface area contributed by atoms with Gasteiger partial charge in [0.05, 0.1) is 0 Å². The minimum Gasteiger partial charge on any atom is -0.457 e. The van der Waals surface area contributed by atoms with Crippen LogP contribution in [0.4, 0.5) is 0 Å². The molecule has 1 N–H and O–H groups in total. The Morgan fingerprint density at radius 1 is 1.10 bits per heavy atom. The predicted molar refractivity (Wildman–Crippen MR) is 87.4 cm³/mol. The molecule has 2 rings (SSSR count). The van der Waals surface area contributed by atoms with Gasteiger partial charge in [-0.05, 0) is 48.4 Å². The van der Waals surface area contributed by atoms with E-state index in [4.69, 9.17) is 4.74 Å². The number of halogens is 1. The lowest BCUT2D eigenvalue weighted by atomic mass is 10.1. The fourth-order valence-corrected chi connectivity index (χ4v) is 2.08. The number of aryl methyl sites for hydroxylation is 1. The molecule has 0 amide bonds. The van der Waals surface area contributed by atoms with Gasteiger partial charge in [-0.15, -0.1) is 0 Å². The maximum Gasteiger partial charge on any atom is 0.130 e. The number of rotatable bonds is 5. The van der Waals surface area contributed by atoms with Crippen molar-refractivity contribution in [1.29, 1.82) is 0 Å². The first kappa shape index (κ1) is 15.1. The smallest absolute Gasteiger partial charge is 0.130 e. The van der Waals surface area contributed by atoms with Gasteiger partial charge in [-0.3, -0.25) is 0 Å². The van der Waals surface area contributed by atoms with Crippen molar-refractivity contribution >= 4 is 15.9 Å². The summed E-state index contributed by atoms with van der Waals surface area (Å²) < 4.78 is 7.02. The second-order valence-corrected chi connectivity index (χ2v) is 6.11. The molecule has 2 aromatic carbocycles. The van der Waals surface area contributed by atoms with Crippen molar-refractivity contribution in [2.75, 3.05) is 0 Å². The van der Waals surface area contributed by atoms with Crippen molar-refractivity contribution in [3.05, 3.63) is 58.1 Å². The molecule has 0 aromatic heterocycles. The van der Waals surface area contributed by atoms with Crippen molar-refractivity contribution < 1.29 is 4.74 Å². The van der Waals surface area contributed by atoms with E-state index >= 15 is 0 Å². The highest BCUT2D eigenvalue weighted by Gasteiger charge is 2.04. The molecule has 0 fully saturated rings. The Balaban J connectivity index is 2.13. The van der Waals surface area contributed by atoms with Crippen LogP contribution in [0.25, 0.3) is 0 Å². The third-order valence-corrected chi connectivity index (χ3v) is 3.54. The van der Waals surface area contributed by atoms with Gasteiger partial charge in [0, 0.05) is 17.1 Å². The summed E-state index contributed by atoms with van der Waals surface area (Å²) in [6, 6.07) is 14.7. The molecule has 20 heavy (non-hydrogen) atoms. The van der Waals surface area contributed by atoms with E-state index in [0.29, 0.717) is 6.04 Å². The van der Waals surface area contributed by atoms with E-state index in [1.54, 1.807) is 0 Å². The first-order valence-corrected chi connectivity index (χ1v) is 7.60. The molecule has 0 radical (unpaired) electrons. The molecule has 0 atom stereocenters. The molecule has 0 saturated carbocycles. The quantitative estimate of drug-likeness (QED) is 0.826. The summed E-state index contributed by atoms with van der Waals surface area (Å²) in [6.45, 7) is 7.21. The van der Waals surface area contributed by atoms with Crippen LogP contribution >= 0.6 is 15.9 Å². The van der Waals surface area contributed by atoms with E-state index in [9.17, 15) is 0 Å². The molecular formula is C17H20BrNO. The van der Waals surface area contributed by atoms with Crippen molar-refractivity contribution in [2.45, 2.75) is 33.4 Å². The van der Waals surface area contributed by atoms with Gasteiger partial charge in [0.25, 0.3) is 0 Å². The first-order chi connectivity index (χ1) is 9.54. The Bertz CT molecular complexity index is 564. The first-order valence-electron chi connectivity index (χ1n) is 6.81. The monoisotopic (exact) mass is 333 g/mol. The van der Waals surface area contributed by atoms with Crippen molar-refractivity contribution in [3.63, 3.8) is 0 Å². The van der Waals surface area contributed by atoms with Crippen molar-refractivity contribution in [2.24, 2.45) is 0 Å². The minimum atomic E-state index is 0.479. The number of hydrogen-bond acceptors (Lipinski definition) is 2. The van der Waals surface area contributed by atoms with Gasteiger partial charge in [-0.2, -0.15) is 0 Å². The Kier molecular flexibility index (Phi) is 5.21. The molecular weight excluding hydrogens is 314 g/mol. The largest absolute Gasteiger partial charge is 0.457 e. The standard InChI is InChI=1S/C17H20BrNO/c1-12(2)19-11-14-5-4-13(3)17(10-14)20-16-8-6-15(18)7-9-16/h4-10,12,19H,11H2,1-3H3. The Morgan fingerprint density at radius 3 is 2.45 bits per heavy atom. The lowest BCUT2D eigenvalue weighted by Crippen LogP contribution is -2.21. The fourth-order valence-electron chi connectivity index (χ4n) is 1.82. The summed E-state index contributed by atoms with van der Waals surface area (Å²) in [4.78, 5) is 0. The highest BCUT2D eigenvalue weighted by Crippen LogP contribution is 2.27. The van der Waals surface area contributed by atoms with Crippen LogP contribution < -0.4 is 10.1 Å². The van der Waals surface area contributed by atoms with Crippen LogP contribution in [0.15, 0.2) is 46.9 Å². The number of benzene rings is 2. The SMILES string of the molecule is Cc1ccc(CNC(C)C)cc1Oc1ccc(Br)cc1. The van der Waals surface area contributed by atoms with Gasteiger partial charge in [-0.1, -0.05) is 41.9 Å². The molecule has 0 saturated heterocycles. The Hall–Kier alpha value is -1.32. The minimum absolute atomic E-state index is 0.479. The fraction of sp³-hybridized carbons (Fsp3) is 0.294. The van der Waals surface area contributed by atoms with Crippen LogP contribution in [0.3, 0.4) is 0 Å². The van der Waals surface area contributed by atoms with Crippen LogP contribution in [-0.4, -0.2) is 6.04 Å². The molecule has 106 valence electrons. The molecule has 0 aliphatic rings. The predicted octanol–water partition coefficient (Wildman–Crippen LogP) is 5.05. The van der Waals surface area contributed by atoms with Gasteiger partial charge in [-0.25, -0.2) is 0 Å². The zero-order chi connectivity index (χ0) is 14.5. The van der Waals surface area contributed by atoms with Crippen molar-refractivity contribution in [3.8, 4) is 11.5 Å². The van der Waals surface area contributed by atoms with E-state index in [2.05, 4.69) is 60.2 Å². The zero-order valence-electron chi connectivity index (χ0n) is 12.1. The average molecular weight is 334 g/mol. The van der Waals surface area contributed by atoms with E-state index in [0.717, 1.165) is 28.1 Å². The van der Waals surface area contributed by atoms with E-state index in [1.807, 2.05) is 24.3 Å². The van der Waals surface area contributed by atoms with Crippen LogP contribution in [0.2, 0.25) is 0 Å². The van der Waals surface area contributed by atoms with Crippen LogP contribution in [-0.2, 0) is 6.54 Å².